The average Bonchev–Trinajstić information content (AvgIpc) is 2.63. The maximum atomic E-state index is 12.4. The van der Waals surface area contributed by atoms with Crippen molar-refractivity contribution in [3.05, 3.63) is 59.8 Å². The molecular weight excluding hydrogens is 298 g/mol. The van der Waals surface area contributed by atoms with Gasteiger partial charge in [0.05, 0.1) is 6.42 Å². The lowest BCUT2D eigenvalue weighted by atomic mass is 10.1. The summed E-state index contributed by atoms with van der Waals surface area (Å²) in [6, 6.07) is 14.2. The lowest BCUT2D eigenvalue weighted by Crippen LogP contribution is -2.49. The monoisotopic (exact) mass is 323 g/mol. The van der Waals surface area contributed by atoms with E-state index in [1.807, 2.05) is 41.4 Å². The van der Waals surface area contributed by atoms with Crippen molar-refractivity contribution >= 4 is 11.7 Å². The van der Waals surface area contributed by atoms with Crippen molar-refractivity contribution < 1.29 is 4.79 Å². The SMILES string of the molecule is CC(C)c1ccc(N2CCN(C(=O)Cc3ccccc3)CC2)nc1. The number of carbonyl (C=O) groups excluding carboxylic acids is 1. The molecule has 1 aromatic heterocycles. The Hall–Kier alpha value is -2.36. The van der Waals surface area contributed by atoms with Gasteiger partial charge in [-0.3, -0.25) is 4.79 Å². The van der Waals surface area contributed by atoms with Crippen LogP contribution in [-0.4, -0.2) is 42.0 Å². The highest BCUT2D eigenvalue weighted by molar-refractivity contribution is 5.79. The first-order valence-corrected chi connectivity index (χ1v) is 8.66. The van der Waals surface area contributed by atoms with Gasteiger partial charge in [0.15, 0.2) is 0 Å². The predicted molar refractivity (Wildman–Crippen MR) is 97.3 cm³/mol. The summed E-state index contributed by atoms with van der Waals surface area (Å²) in [7, 11) is 0. The number of hydrogen-bond acceptors (Lipinski definition) is 3. The number of carbonyl (C=O) groups is 1. The van der Waals surface area contributed by atoms with E-state index >= 15 is 0 Å². The minimum atomic E-state index is 0.212. The van der Waals surface area contributed by atoms with Crippen LogP contribution in [0.5, 0.6) is 0 Å². The number of benzene rings is 1. The zero-order chi connectivity index (χ0) is 16.9. The zero-order valence-corrected chi connectivity index (χ0v) is 14.5. The van der Waals surface area contributed by atoms with Crippen LogP contribution in [-0.2, 0) is 11.2 Å². The van der Waals surface area contributed by atoms with Gasteiger partial charge in [-0.2, -0.15) is 0 Å². The second-order valence-electron chi connectivity index (χ2n) is 6.63. The van der Waals surface area contributed by atoms with Gasteiger partial charge < -0.3 is 9.80 Å². The van der Waals surface area contributed by atoms with E-state index in [-0.39, 0.29) is 5.91 Å². The number of pyridine rings is 1. The van der Waals surface area contributed by atoms with Crippen molar-refractivity contribution in [1.29, 1.82) is 0 Å². The largest absolute Gasteiger partial charge is 0.353 e. The van der Waals surface area contributed by atoms with Crippen LogP contribution < -0.4 is 4.90 Å². The highest BCUT2D eigenvalue weighted by Crippen LogP contribution is 2.18. The number of hydrogen-bond donors (Lipinski definition) is 0. The molecule has 2 aromatic rings. The molecule has 24 heavy (non-hydrogen) atoms. The summed E-state index contributed by atoms with van der Waals surface area (Å²) in [5, 5.41) is 0. The van der Waals surface area contributed by atoms with Gasteiger partial charge in [-0.25, -0.2) is 4.98 Å². The van der Waals surface area contributed by atoms with Crippen molar-refractivity contribution in [3.8, 4) is 0 Å². The third-order valence-corrected chi connectivity index (χ3v) is 4.59. The standard InChI is InChI=1S/C20H25N3O/c1-16(2)18-8-9-19(21-15-18)22-10-12-23(13-11-22)20(24)14-17-6-4-3-5-7-17/h3-9,15-16H,10-14H2,1-2H3. The van der Waals surface area contributed by atoms with E-state index < -0.39 is 0 Å². The molecule has 1 aromatic carbocycles. The lowest BCUT2D eigenvalue weighted by molar-refractivity contribution is -0.130. The van der Waals surface area contributed by atoms with Crippen LogP contribution >= 0.6 is 0 Å². The third-order valence-electron chi connectivity index (χ3n) is 4.59. The van der Waals surface area contributed by atoms with Crippen LogP contribution in [0, 0.1) is 0 Å². The van der Waals surface area contributed by atoms with Crippen LogP contribution in [0.15, 0.2) is 48.7 Å². The summed E-state index contributed by atoms with van der Waals surface area (Å²) < 4.78 is 0. The van der Waals surface area contributed by atoms with Gasteiger partial charge in [-0.05, 0) is 23.1 Å². The first kappa shape index (κ1) is 16.5. The van der Waals surface area contributed by atoms with E-state index in [0.29, 0.717) is 12.3 Å². The molecule has 0 aliphatic carbocycles. The fourth-order valence-corrected chi connectivity index (χ4v) is 2.99. The van der Waals surface area contributed by atoms with Gasteiger partial charge in [0.25, 0.3) is 0 Å². The molecule has 4 nitrogen and oxygen atoms in total. The minimum absolute atomic E-state index is 0.212. The lowest BCUT2D eigenvalue weighted by Gasteiger charge is -2.35. The minimum Gasteiger partial charge on any atom is -0.353 e. The molecule has 0 unspecified atom stereocenters. The van der Waals surface area contributed by atoms with Gasteiger partial charge in [-0.15, -0.1) is 0 Å². The number of anilines is 1. The second-order valence-corrected chi connectivity index (χ2v) is 6.63. The molecule has 2 heterocycles. The van der Waals surface area contributed by atoms with Gasteiger partial charge in [0.1, 0.15) is 5.82 Å². The first-order chi connectivity index (χ1) is 11.6. The van der Waals surface area contributed by atoms with Crippen LogP contribution in [0.2, 0.25) is 0 Å². The number of piperazine rings is 1. The Morgan fingerprint density at radius 1 is 1.04 bits per heavy atom. The van der Waals surface area contributed by atoms with Crippen LogP contribution in [0.3, 0.4) is 0 Å². The topological polar surface area (TPSA) is 36.4 Å². The number of rotatable bonds is 4. The molecule has 0 atom stereocenters. The van der Waals surface area contributed by atoms with Crippen LogP contribution in [0.4, 0.5) is 5.82 Å². The Kier molecular flexibility index (Phi) is 5.14. The molecule has 0 spiro atoms. The normalized spacial score (nSPS) is 15.0. The van der Waals surface area contributed by atoms with E-state index in [2.05, 4.69) is 35.9 Å². The molecule has 0 radical (unpaired) electrons. The summed E-state index contributed by atoms with van der Waals surface area (Å²) in [4.78, 5) is 21.2. The van der Waals surface area contributed by atoms with Crippen molar-refractivity contribution in [3.63, 3.8) is 0 Å². The van der Waals surface area contributed by atoms with Crippen molar-refractivity contribution in [2.24, 2.45) is 0 Å². The molecule has 126 valence electrons. The van der Waals surface area contributed by atoms with Gasteiger partial charge in [0.2, 0.25) is 5.91 Å². The molecule has 0 bridgehead atoms. The number of nitrogens with zero attached hydrogens (tertiary/aromatic N) is 3. The molecule has 1 aliphatic heterocycles. The summed E-state index contributed by atoms with van der Waals surface area (Å²) in [5.74, 6) is 1.72. The number of aromatic nitrogens is 1. The van der Waals surface area contributed by atoms with Crippen molar-refractivity contribution in [1.82, 2.24) is 9.88 Å². The Morgan fingerprint density at radius 2 is 1.75 bits per heavy atom. The van der Waals surface area contributed by atoms with Gasteiger partial charge >= 0.3 is 0 Å². The summed E-state index contributed by atoms with van der Waals surface area (Å²) in [5.41, 5.74) is 2.34. The van der Waals surface area contributed by atoms with Gasteiger partial charge in [-0.1, -0.05) is 50.2 Å². The van der Waals surface area contributed by atoms with Gasteiger partial charge in [0, 0.05) is 32.4 Å². The van der Waals surface area contributed by atoms with E-state index in [0.717, 1.165) is 37.6 Å². The van der Waals surface area contributed by atoms with E-state index in [4.69, 9.17) is 0 Å². The summed E-state index contributed by atoms with van der Waals surface area (Å²) in [6.07, 6.45) is 2.45. The fraction of sp³-hybridized carbons (Fsp3) is 0.400. The summed E-state index contributed by atoms with van der Waals surface area (Å²) >= 11 is 0. The Labute approximate surface area is 144 Å². The van der Waals surface area contributed by atoms with Crippen LogP contribution in [0.25, 0.3) is 0 Å². The molecule has 1 aliphatic rings. The molecule has 3 rings (SSSR count). The summed E-state index contributed by atoms with van der Waals surface area (Å²) in [6.45, 7) is 7.56. The Bertz CT molecular complexity index is 659. The fourth-order valence-electron chi connectivity index (χ4n) is 2.99. The zero-order valence-electron chi connectivity index (χ0n) is 14.5. The van der Waals surface area contributed by atoms with Crippen molar-refractivity contribution in [2.75, 3.05) is 31.1 Å². The Morgan fingerprint density at radius 3 is 2.33 bits per heavy atom. The molecule has 1 saturated heterocycles. The molecular formula is C20H25N3O. The Balaban J connectivity index is 1.54. The smallest absolute Gasteiger partial charge is 0.227 e. The van der Waals surface area contributed by atoms with Crippen LogP contribution in [0.1, 0.15) is 30.9 Å². The second kappa shape index (κ2) is 7.47. The first-order valence-electron chi connectivity index (χ1n) is 8.66. The molecule has 1 fully saturated rings. The highest BCUT2D eigenvalue weighted by atomic mass is 16.2. The molecule has 1 amide bonds. The number of amides is 1. The maximum Gasteiger partial charge on any atom is 0.227 e. The van der Waals surface area contributed by atoms with E-state index in [9.17, 15) is 4.79 Å². The molecule has 0 N–H and O–H groups in total. The quantitative estimate of drug-likeness (QED) is 0.867. The third kappa shape index (κ3) is 3.94. The van der Waals surface area contributed by atoms with E-state index in [1.165, 1.54) is 5.56 Å². The average molecular weight is 323 g/mol. The van der Waals surface area contributed by atoms with Crippen molar-refractivity contribution in [2.45, 2.75) is 26.2 Å². The molecule has 4 heteroatoms. The predicted octanol–water partition coefficient (Wildman–Crippen LogP) is 3.10. The molecule has 0 saturated carbocycles. The van der Waals surface area contributed by atoms with E-state index in [1.54, 1.807) is 0 Å². The highest BCUT2D eigenvalue weighted by Gasteiger charge is 2.21. The maximum absolute atomic E-state index is 12.4.